The molecule has 0 saturated carbocycles. The van der Waals surface area contributed by atoms with Crippen molar-refractivity contribution in [2.75, 3.05) is 6.61 Å². The maximum atomic E-state index is 12.0. The summed E-state index contributed by atoms with van der Waals surface area (Å²) in [5.41, 5.74) is 4.52. The van der Waals surface area contributed by atoms with Gasteiger partial charge in [-0.2, -0.15) is 0 Å². The molecule has 7 nitrogen and oxygen atoms in total. The van der Waals surface area contributed by atoms with Gasteiger partial charge in [-0.15, -0.1) is 0 Å². The van der Waals surface area contributed by atoms with Crippen molar-refractivity contribution >= 4 is 11.6 Å². The number of carbonyl (C=O) groups excluding carboxylic acids is 2. The molecule has 0 unspecified atom stereocenters. The number of aromatic nitrogens is 3. The molecule has 7 heteroatoms. The van der Waals surface area contributed by atoms with E-state index < -0.39 is 18.2 Å². The van der Waals surface area contributed by atoms with Crippen molar-refractivity contribution in [2.45, 2.75) is 33.6 Å². The second kappa shape index (κ2) is 11.6. The first-order valence-corrected chi connectivity index (χ1v) is 12.4. The highest BCUT2D eigenvalue weighted by molar-refractivity contribution is 6.43. The van der Waals surface area contributed by atoms with Gasteiger partial charge in [-0.1, -0.05) is 69.0 Å². The average molecular weight is 508 g/mol. The molecule has 0 atom stereocenters. The summed E-state index contributed by atoms with van der Waals surface area (Å²) in [5.74, 6) is 0.0364. The minimum atomic E-state index is -0.711. The van der Waals surface area contributed by atoms with Gasteiger partial charge in [0.25, 0.3) is 0 Å². The van der Waals surface area contributed by atoms with E-state index in [-0.39, 0.29) is 17.1 Å². The number of hydrogen-bond donors (Lipinski definition) is 1. The fourth-order valence-electron chi connectivity index (χ4n) is 4.07. The van der Waals surface area contributed by atoms with E-state index in [2.05, 4.69) is 20.4 Å². The van der Waals surface area contributed by atoms with Gasteiger partial charge in [-0.3, -0.25) is 9.59 Å². The van der Waals surface area contributed by atoms with Crippen molar-refractivity contribution in [3.8, 4) is 45.7 Å². The summed E-state index contributed by atoms with van der Waals surface area (Å²) in [6, 6.07) is 20.5. The summed E-state index contributed by atoms with van der Waals surface area (Å²) in [4.78, 5) is 38.0. The molecule has 1 aromatic heterocycles. The molecule has 0 aliphatic carbocycles. The molecule has 0 spiro atoms. The van der Waals surface area contributed by atoms with Gasteiger partial charge in [-0.05, 0) is 48.6 Å². The van der Waals surface area contributed by atoms with Crippen LogP contribution in [0.5, 0.6) is 11.5 Å². The van der Waals surface area contributed by atoms with E-state index in [1.165, 1.54) is 13.0 Å². The smallest absolute Gasteiger partial charge is 0.240 e. The molecular weight excluding hydrogens is 478 g/mol. The highest BCUT2D eigenvalue weighted by atomic mass is 16.5. The summed E-state index contributed by atoms with van der Waals surface area (Å²) < 4.78 is 5.43. The lowest BCUT2D eigenvalue weighted by atomic mass is 10.0. The molecule has 0 radical (unpaired) electrons. The number of rotatable bonds is 10. The van der Waals surface area contributed by atoms with E-state index in [4.69, 9.17) is 19.7 Å². The van der Waals surface area contributed by atoms with Crippen LogP contribution in [0.3, 0.4) is 0 Å². The highest BCUT2D eigenvalue weighted by Gasteiger charge is 2.19. The fraction of sp³-hybridized carbons (Fsp3) is 0.194. The van der Waals surface area contributed by atoms with E-state index in [9.17, 15) is 14.7 Å². The van der Waals surface area contributed by atoms with Crippen LogP contribution in [0.15, 0.2) is 78.9 Å². The largest absolute Gasteiger partial charge is 0.507 e. The van der Waals surface area contributed by atoms with Crippen molar-refractivity contribution in [3.63, 3.8) is 0 Å². The van der Waals surface area contributed by atoms with E-state index in [0.29, 0.717) is 23.0 Å². The Morgan fingerprint density at radius 1 is 0.789 bits per heavy atom. The Hall–Kier alpha value is -4.65. The lowest BCUT2D eigenvalue weighted by molar-refractivity contribution is -0.135. The molecule has 1 N–H and O–H groups in total. The average Bonchev–Trinajstić information content (AvgIpc) is 2.95. The minimum absolute atomic E-state index is 0.128. The third-order valence-corrected chi connectivity index (χ3v) is 6.13. The Morgan fingerprint density at radius 2 is 1.29 bits per heavy atom. The molecule has 0 fully saturated rings. The Bertz CT molecular complexity index is 1460. The van der Waals surface area contributed by atoms with Crippen LogP contribution in [0, 0.1) is 0 Å². The van der Waals surface area contributed by atoms with E-state index in [1.54, 1.807) is 12.1 Å². The van der Waals surface area contributed by atoms with Crippen molar-refractivity contribution in [3.05, 3.63) is 90.0 Å². The third kappa shape index (κ3) is 5.67. The summed E-state index contributed by atoms with van der Waals surface area (Å²) in [6.45, 7) is 8.65. The van der Waals surface area contributed by atoms with Crippen molar-refractivity contribution in [1.82, 2.24) is 15.0 Å². The van der Waals surface area contributed by atoms with Crippen LogP contribution >= 0.6 is 0 Å². The number of phenolic OH excluding ortho intramolecular Hbond substituents is 1. The third-order valence-electron chi connectivity index (χ3n) is 6.13. The normalized spacial score (nSPS) is 10.7. The molecular formula is C31H29N3O4. The molecule has 0 bridgehead atoms. The second-order valence-corrected chi connectivity index (χ2v) is 8.83. The number of carbonyl (C=O) groups is 2. The van der Waals surface area contributed by atoms with Gasteiger partial charge >= 0.3 is 0 Å². The number of allylic oxidation sites excluding steroid dienone is 1. The number of ketones is 2. The number of nitrogens with zero attached hydrogens (tertiary/aromatic N) is 3. The number of benzene rings is 3. The number of aromatic hydroxyl groups is 1. The summed E-state index contributed by atoms with van der Waals surface area (Å²) in [6.07, 6.45) is 1.61. The molecule has 0 amide bonds. The monoisotopic (exact) mass is 507 g/mol. The topological polar surface area (TPSA) is 102 Å². The molecule has 3 aromatic carbocycles. The maximum absolute atomic E-state index is 12.0. The van der Waals surface area contributed by atoms with Gasteiger partial charge in [0.05, 0.1) is 5.56 Å². The van der Waals surface area contributed by atoms with Gasteiger partial charge < -0.3 is 9.84 Å². The van der Waals surface area contributed by atoms with Crippen LogP contribution in [0.25, 0.3) is 34.2 Å². The van der Waals surface area contributed by atoms with Gasteiger partial charge in [-0.25, -0.2) is 15.0 Å². The van der Waals surface area contributed by atoms with Crippen LogP contribution in [0.1, 0.15) is 31.9 Å². The highest BCUT2D eigenvalue weighted by Crippen LogP contribution is 2.34. The number of ether oxygens (including phenoxy) is 1. The van der Waals surface area contributed by atoms with Gasteiger partial charge in [0.15, 0.2) is 24.1 Å². The van der Waals surface area contributed by atoms with Crippen molar-refractivity contribution < 1.29 is 19.4 Å². The van der Waals surface area contributed by atoms with E-state index >= 15 is 0 Å². The predicted octanol–water partition coefficient (Wildman–Crippen LogP) is 5.80. The Balaban J connectivity index is 1.77. The van der Waals surface area contributed by atoms with E-state index in [1.807, 2.05) is 48.5 Å². The van der Waals surface area contributed by atoms with Crippen LogP contribution in [-0.4, -0.2) is 38.2 Å². The molecule has 1 heterocycles. The molecule has 4 aromatic rings. The van der Waals surface area contributed by atoms with Crippen LogP contribution in [0.4, 0.5) is 0 Å². The zero-order valence-corrected chi connectivity index (χ0v) is 21.7. The number of aryl methyl sites for hydroxylation is 2. The Morgan fingerprint density at radius 3 is 1.76 bits per heavy atom. The van der Waals surface area contributed by atoms with Crippen LogP contribution in [-0.2, 0) is 22.4 Å². The maximum Gasteiger partial charge on any atom is 0.240 e. The van der Waals surface area contributed by atoms with Gasteiger partial charge in [0.2, 0.25) is 11.6 Å². The first-order chi connectivity index (χ1) is 18.3. The quantitative estimate of drug-likeness (QED) is 0.214. The molecule has 0 saturated heterocycles. The first kappa shape index (κ1) is 26.4. The molecule has 38 heavy (non-hydrogen) atoms. The van der Waals surface area contributed by atoms with Gasteiger partial charge in [0.1, 0.15) is 11.5 Å². The Labute approximate surface area is 221 Å². The SMILES string of the molecule is C=C(C)C(=O)C(=O)COc1ccc(-c2nc(-c3ccccc3CC)nc(-c3ccccc3CC)n2)c(O)c1. The Kier molecular flexibility index (Phi) is 8.06. The summed E-state index contributed by atoms with van der Waals surface area (Å²) in [7, 11) is 0. The lowest BCUT2D eigenvalue weighted by Crippen LogP contribution is -2.21. The van der Waals surface area contributed by atoms with Crippen LogP contribution in [0.2, 0.25) is 0 Å². The number of hydrogen-bond acceptors (Lipinski definition) is 7. The summed E-state index contributed by atoms with van der Waals surface area (Å²) in [5, 5.41) is 10.9. The van der Waals surface area contributed by atoms with E-state index in [0.717, 1.165) is 35.1 Å². The van der Waals surface area contributed by atoms with Gasteiger partial charge in [0, 0.05) is 17.2 Å². The zero-order chi connectivity index (χ0) is 27.2. The molecule has 0 aliphatic heterocycles. The lowest BCUT2D eigenvalue weighted by Gasteiger charge is -2.13. The fourth-order valence-corrected chi connectivity index (χ4v) is 4.07. The summed E-state index contributed by atoms with van der Waals surface area (Å²) >= 11 is 0. The number of Topliss-reactive ketones (excluding diaryl/α,β-unsaturated/α-hetero) is 2. The zero-order valence-electron chi connectivity index (χ0n) is 21.7. The predicted molar refractivity (Wildman–Crippen MR) is 147 cm³/mol. The second-order valence-electron chi connectivity index (χ2n) is 8.83. The molecule has 0 aliphatic rings. The molecule has 4 rings (SSSR count). The van der Waals surface area contributed by atoms with Crippen molar-refractivity contribution in [1.29, 1.82) is 0 Å². The molecule has 192 valence electrons. The minimum Gasteiger partial charge on any atom is -0.507 e. The number of phenols is 1. The first-order valence-electron chi connectivity index (χ1n) is 12.4. The standard InChI is InChI=1S/C31H29N3O4/c1-5-20-11-7-9-13-23(20)29-32-30(24-14-10-8-12-21(24)6-2)34-31(33-29)25-16-15-22(17-26(25)35)38-18-27(36)28(37)19(3)4/h7-17,35H,3,5-6,18H2,1-2,4H3. The van der Waals surface area contributed by atoms with Crippen molar-refractivity contribution in [2.24, 2.45) is 0 Å². The van der Waals surface area contributed by atoms with Crippen LogP contribution < -0.4 is 4.74 Å².